The summed E-state index contributed by atoms with van der Waals surface area (Å²) >= 11 is 1.28. The molecule has 2 aromatic heterocycles. The minimum absolute atomic E-state index is 0.0451. The maximum absolute atomic E-state index is 12.3. The van der Waals surface area contributed by atoms with Gasteiger partial charge >= 0.3 is 5.97 Å². The summed E-state index contributed by atoms with van der Waals surface area (Å²) < 4.78 is 6.82. The van der Waals surface area contributed by atoms with Crippen molar-refractivity contribution in [3.63, 3.8) is 0 Å². The average Bonchev–Trinajstić information content (AvgIpc) is 3.22. The predicted octanol–water partition coefficient (Wildman–Crippen LogP) is 1.16. The number of aliphatic carboxylic acids is 1. The zero-order chi connectivity index (χ0) is 16.1. The fraction of sp³-hybridized carbons (Fsp3) is 0.143. The fourth-order valence-corrected chi connectivity index (χ4v) is 3.90. The van der Waals surface area contributed by atoms with Gasteiger partial charge in [0, 0.05) is 7.05 Å². The summed E-state index contributed by atoms with van der Waals surface area (Å²) in [5.74, 6) is -1.06. The normalized spacial score (nSPS) is 21.8. The third kappa shape index (κ3) is 2.00. The van der Waals surface area contributed by atoms with E-state index in [2.05, 4.69) is 10.3 Å². The van der Waals surface area contributed by atoms with Crippen LogP contribution in [0.5, 0.6) is 0 Å². The molecule has 4 rings (SSSR count). The molecule has 116 valence electrons. The first kappa shape index (κ1) is 13.8. The zero-order valence-electron chi connectivity index (χ0n) is 11.8. The van der Waals surface area contributed by atoms with Gasteiger partial charge in [0.25, 0.3) is 5.91 Å². The van der Waals surface area contributed by atoms with Crippen LogP contribution in [0, 0.1) is 0 Å². The van der Waals surface area contributed by atoms with Gasteiger partial charge in [0.1, 0.15) is 22.5 Å². The molecule has 4 heterocycles. The van der Waals surface area contributed by atoms with Gasteiger partial charge in [-0.3, -0.25) is 14.4 Å². The van der Waals surface area contributed by atoms with Crippen LogP contribution in [0.3, 0.4) is 0 Å². The van der Waals surface area contributed by atoms with Crippen LogP contribution in [0.4, 0.5) is 0 Å². The first-order valence-electron chi connectivity index (χ1n) is 6.66. The fourth-order valence-electron chi connectivity index (χ4n) is 2.54. The lowest BCUT2D eigenvalue weighted by Gasteiger charge is -2.36. The van der Waals surface area contributed by atoms with E-state index >= 15 is 0 Å². The van der Waals surface area contributed by atoms with Crippen molar-refractivity contribution in [3.8, 4) is 0 Å². The van der Waals surface area contributed by atoms with Crippen molar-refractivity contribution in [1.82, 2.24) is 19.9 Å². The molecule has 2 aromatic rings. The molecule has 0 spiro atoms. The van der Waals surface area contributed by atoms with E-state index in [-0.39, 0.29) is 17.0 Å². The molecule has 1 N–H and O–H groups in total. The van der Waals surface area contributed by atoms with Crippen LogP contribution >= 0.6 is 11.8 Å². The van der Waals surface area contributed by atoms with Gasteiger partial charge in [-0.25, -0.2) is 4.79 Å². The summed E-state index contributed by atoms with van der Waals surface area (Å²) in [6, 6.07) is 3.35. The van der Waals surface area contributed by atoms with E-state index in [9.17, 15) is 14.7 Å². The van der Waals surface area contributed by atoms with Crippen LogP contribution in [0.1, 0.15) is 11.5 Å². The molecular weight excluding hydrogens is 320 g/mol. The highest BCUT2D eigenvalue weighted by molar-refractivity contribution is 8.09. The van der Waals surface area contributed by atoms with E-state index in [0.717, 1.165) is 0 Å². The Labute approximate surface area is 134 Å². The Balaban J connectivity index is 1.71. The largest absolute Gasteiger partial charge is 0.477 e. The number of rotatable bonds is 3. The monoisotopic (exact) mass is 330 g/mol. The van der Waals surface area contributed by atoms with E-state index in [1.165, 1.54) is 27.6 Å². The highest BCUT2D eigenvalue weighted by atomic mass is 32.2. The Hall–Kier alpha value is -2.81. The molecule has 0 saturated carbocycles. The van der Waals surface area contributed by atoms with Crippen molar-refractivity contribution in [3.05, 3.63) is 47.3 Å². The molecule has 2 aliphatic heterocycles. The molecular formula is C14H10N4O4S. The first-order valence-corrected chi connectivity index (χ1v) is 7.54. The van der Waals surface area contributed by atoms with Crippen LogP contribution in [0.2, 0.25) is 0 Å². The summed E-state index contributed by atoms with van der Waals surface area (Å²) in [4.78, 5) is 25.6. The summed E-state index contributed by atoms with van der Waals surface area (Å²) in [6.07, 6.45) is 4.78. The lowest BCUT2D eigenvalue weighted by Crippen LogP contribution is -2.51. The molecule has 1 saturated heterocycles. The highest BCUT2D eigenvalue weighted by Gasteiger charge is 2.53. The number of hydrogen-bond acceptors (Lipinski definition) is 6. The van der Waals surface area contributed by atoms with Gasteiger partial charge in [0.2, 0.25) is 0 Å². The number of β-lactam (4-membered cyclic amide) rings is 1. The molecule has 0 radical (unpaired) electrons. The maximum atomic E-state index is 12.3. The van der Waals surface area contributed by atoms with Crippen LogP contribution < -0.4 is 0 Å². The third-order valence-electron chi connectivity index (χ3n) is 3.52. The van der Waals surface area contributed by atoms with E-state index in [4.69, 9.17) is 4.42 Å². The number of fused-ring (bicyclic) bond motifs is 1. The Kier molecular flexibility index (Phi) is 2.91. The minimum Gasteiger partial charge on any atom is -0.477 e. The van der Waals surface area contributed by atoms with Crippen molar-refractivity contribution < 1.29 is 19.1 Å². The summed E-state index contributed by atoms with van der Waals surface area (Å²) in [5, 5.41) is 16.8. The quantitative estimate of drug-likeness (QED) is 0.665. The smallest absolute Gasteiger partial charge is 0.353 e. The summed E-state index contributed by atoms with van der Waals surface area (Å²) in [7, 11) is 1.73. The van der Waals surface area contributed by atoms with Crippen molar-refractivity contribution in [2.24, 2.45) is 7.05 Å². The number of carboxylic acids is 1. The van der Waals surface area contributed by atoms with Crippen molar-refractivity contribution in [2.75, 3.05) is 0 Å². The van der Waals surface area contributed by atoms with Crippen molar-refractivity contribution in [2.45, 2.75) is 5.37 Å². The number of aromatic nitrogens is 3. The third-order valence-corrected chi connectivity index (χ3v) is 4.84. The number of aryl methyl sites for hydroxylation is 1. The molecule has 23 heavy (non-hydrogen) atoms. The molecule has 8 nitrogen and oxygen atoms in total. The molecule has 9 heteroatoms. The van der Waals surface area contributed by atoms with Crippen LogP contribution in [0.25, 0.3) is 11.0 Å². The molecule has 1 atom stereocenters. The zero-order valence-corrected chi connectivity index (χ0v) is 12.6. The number of nitrogens with zero attached hydrogens (tertiary/aromatic N) is 4. The van der Waals surface area contributed by atoms with Gasteiger partial charge in [0.15, 0.2) is 0 Å². The molecule has 1 amide bonds. The molecule has 2 aliphatic rings. The Morgan fingerprint density at radius 3 is 2.96 bits per heavy atom. The lowest BCUT2D eigenvalue weighted by molar-refractivity contribution is -0.140. The van der Waals surface area contributed by atoms with Crippen LogP contribution in [-0.4, -0.2) is 42.3 Å². The summed E-state index contributed by atoms with van der Waals surface area (Å²) in [6.45, 7) is 0. The Morgan fingerprint density at radius 1 is 1.52 bits per heavy atom. The average molecular weight is 330 g/mol. The SMILES string of the molecule is Cn1cc(/C=C2/C(=O)N3C(C(=O)O)=C(c4ccco4)S[C@H]23)nn1. The van der Waals surface area contributed by atoms with Gasteiger partial charge < -0.3 is 9.52 Å². The predicted molar refractivity (Wildman–Crippen MR) is 80.5 cm³/mol. The number of carbonyl (C=O) groups is 2. The van der Waals surface area contributed by atoms with Gasteiger partial charge in [-0.05, 0) is 18.2 Å². The highest BCUT2D eigenvalue weighted by Crippen LogP contribution is 2.53. The molecule has 1 fully saturated rings. The standard InChI is InChI=1S/C14H10N4O4S/c1-17-6-7(15-16-17)5-8-12(19)18-10(14(20)21)11(23-13(8)18)9-3-2-4-22-9/h2-6,13H,1H3,(H,20,21)/b8-5-/t13-/m1/s1. The second-order valence-corrected chi connectivity index (χ2v) is 6.11. The maximum Gasteiger partial charge on any atom is 0.353 e. The summed E-state index contributed by atoms with van der Waals surface area (Å²) in [5.41, 5.74) is 1.01. The van der Waals surface area contributed by atoms with Crippen LogP contribution in [-0.2, 0) is 16.6 Å². The topological polar surface area (TPSA) is 101 Å². The second kappa shape index (κ2) is 4.85. The number of carbonyl (C=O) groups excluding carboxylic acids is 1. The van der Waals surface area contributed by atoms with E-state index < -0.39 is 5.97 Å². The van der Waals surface area contributed by atoms with Gasteiger partial charge in [-0.15, -0.1) is 5.10 Å². The van der Waals surface area contributed by atoms with Gasteiger partial charge in [0.05, 0.1) is 22.9 Å². The van der Waals surface area contributed by atoms with Gasteiger partial charge in [-0.1, -0.05) is 17.0 Å². The Bertz CT molecular complexity index is 880. The molecule has 0 aromatic carbocycles. The minimum atomic E-state index is -1.15. The van der Waals surface area contributed by atoms with Crippen LogP contribution in [0.15, 0.2) is 40.3 Å². The number of carboxylic acid groups (broad SMARTS) is 1. The van der Waals surface area contributed by atoms with E-state index in [1.807, 2.05) is 0 Å². The number of furan rings is 1. The Morgan fingerprint density at radius 2 is 2.35 bits per heavy atom. The lowest BCUT2D eigenvalue weighted by atomic mass is 10.0. The second-order valence-electron chi connectivity index (χ2n) is 5.02. The van der Waals surface area contributed by atoms with E-state index in [0.29, 0.717) is 21.9 Å². The van der Waals surface area contributed by atoms with Gasteiger partial charge in [-0.2, -0.15) is 0 Å². The molecule has 0 aliphatic carbocycles. The number of thioether (sulfide) groups is 1. The number of hydrogen-bond donors (Lipinski definition) is 1. The molecule has 0 bridgehead atoms. The number of amides is 1. The first-order chi connectivity index (χ1) is 11.1. The van der Waals surface area contributed by atoms with E-state index in [1.54, 1.807) is 31.5 Å². The van der Waals surface area contributed by atoms with Crippen molar-refractivity contribution in [1.29, 1.82) is 0 Å². The van der Waals surface area contributed by atoms with Crippen molar-refractivity contribution >= 4 is 34.6 Å². The molecule has 0 unspecified atom stereocenters.